The van der Waals surface area contributed by atoms with E-state index in [-0.39, 0.29) is 0 Å². The minimum absolute atomic E-state index is 0.734. The molecule has 0 aliphatic carbocycles. The van der Waals surface area contributed by atoms with Crippen LogP contribution in [0.1, 0.15) is 6.92 Å². The van der Waals surface area contributed by atoms with Gasteiger partial charge in [-0.1, -0.05) is 0 Å². The average molecular weight is 463 g/mol. The summed E-state index contributed by atoms with van der Waals surface area (Å²) in [5.74, 6) is -0.734. The molecule has 0 saturated carbocycles. The number of nitrogens with one attached hydrogen (secondary N) is 1. The predicted octanol–water partition coefficient (Wildman–Crippen LogP) is -6.04. The fourth-order valence-electron chi connectivity index (χ4n) is 3.17. The van der Waals surface area contributed by atoms with Crippen LogP contribution >= 0.6 is 0 Å². The van der Waals surface area contributed by atoms with Gasteiger partial charge in [0.05, 0.1) is 6.61 Å². The maximum Gasteiger partial charge on any atom is 0.294 e. The van der Waals surface area contributed by atoms with E-state index in [0.29, 0.717) is 0 Å². The van der Waals surface area contributed by atoms with Crippen molar-refractivity contribution < 1.29 is 67.7 Å². The lowest BCUT2D eigenvalue weighted by molar-refractivity contribution is -0.346. The summed E-state index contributed by atoms with van der Waals surface area (Å²) in [6, 6.07) is -1.60. The number of carbonyl (C=O) groups excluding carboxylic acids is 1. The Kier molecular flexibility index (Phi) is 8.11. The molecule has 16 heteroatoms. The van der Waals surface area contributed by atoms with E-state index in [9.17, 15) is 49.0 Å². The van der Waals surface area contributed by atoms with Gasteiger partial charge in [0.25, 0.3) is 10.1 Å². The molecule has 0 radical (unpaired) electrons. The number of hydrogen-bond donors (Lipinski definition) is 9. The number of aliphatic hydroxyl groups excluding tert-OH is 7. The third-order valence-electron chi connectivity index (χ3n) is 4.73. The van der Waals surface area contributed by atoms with Crippen molar-refractivity contribution in [2.75, 3.05) is 6.61 Å². The first kappa shape index (κ1) is 25.2. The van der Waals surface area contributed by atoms with Crippen molar-refractivity contribution in [3.8, 4) is 0 Å². The first-order valence-electron chi connectivity index (χ1n) is 8.68. The molecule has 2 rings (SSSR count). The maximum atomic E-state index is 11.3. The van der Waals surface area contributed by atoms with Crippen molar-refractivity contribution >= 4 is 16.0 Å². The van der Waals surface area contributed by atoms with Gasteiger partial charge in [0.1, 0.15) is 48.8 Å². The molecule has 0 spiro atoms. The van der Waals surface area contributed by atoms with Gasteiger partial charge >= 0.3 is 0 Å². The number of carbonyl (C=O) groups is 1. The molecule has 1 amide bonds. The zero-order chi connectivity index (χ0) is 23.0. The van der Waals surface area contributed by atoms with Crippen molar-refractivity contribution in [1.29, 1.82) is 0 Å². The molecule has 2 unspecified atom stereocenters. The standard InChI is InChI=1S/C14H25NO14S/c1-3(17)15-5-7(19)10(11(28-12(5)22)13(23)30(24,25)26)29-14-9(21)8(20)6(18)4(2-16)27-14/h4-14,16,18-23H,2H2,1H3,(H,15,17)(H,24,25,26)/t4-,5+,6+,7+,8+,9-,10-,11-,12?,13?,14+/m1/s1. The second-order valence-corrected chi connectivity index (χ2v) is 8.42. The van der Waals surface area contributed by atoms with Crippen molar-refractivity contribution in [2.45, 2.75) is 73.7 Å². The normalized spacial score (nSPS) is 43.8. The smallest absolute Gasteiger partial charge is 0.294 e. The van der Waals surface area contributed by atoms with Crippen LogP contribution in [0.25, 0.3) is 0 Å². The number of ether oxygens (including phenoxy) is 3. The summed E-state index contributed by atoms with van der Waals surface area (Å²) < 4.78 is 47.1. The van der Waals surface area contributed by atoms with Crippen LogP contribution in [0.3, 0.4) is 0 Å². The van der Waals surface area contributed by atoms with Crippen LogP contribution < -0.4 is 5.32 Å². The van der Waals surface area contributed by atoms with E-state index in [4.69, 9.17) is 18.8 Å². The first-order chi connectivity index (χ1) is 13.8. The van der Waals surface area contributed by atoms with Gasteiger partial charge in [-0.2, -0.15) is 8.42 Å². The Bertz CT molecular complexity index is 703. The summed E-state index contributed by atoms with van der Waals surface area (Å²) in [6.45, 7) is 0.213. The lowest BCUT2D eigenvalue weighted by Gasteiger charge is -2.47. The Morgan fingerprint density at radius 2 is 1.67 bits per heavy atom. The van der Waals surface area contributed by atoms with Gasteiger partial charge < -0.3 is 55.3 Å². The Hall–Kier alpha value is -1.02. The van der Waals surface area contributed by atoms with E-state index >= 15 is 0 Å². The van der Waals surface area contributed by atoms with E-state index < -0.39 is 89.4 Å². The molecule has 176 valence electrons. The molecule has 2 aliphatic heterocycles. The molecule has 9 N–H and O–H groups in total. The molecule has 2 saturated heterocycles. The summed E-state index contributed by atoms with van der Waals surface area (Å²) in [6.07, 6.45) is -17.1. The number of aliphatic hydroxyl groups is 7. The lowest BCUT2D eigenvalue weighted by Crippen LogP contribution is -2.68. The van der Waals surface area contributed by atoms with Crippen molar-refractivity contribution in [3.05, 3.63) is 0 Å². The van der Waals surface area contributed by atoms with Gasteiger partial charge in [0.2, 0.25) is 11.3 Å². The molecule has 0 bridgehead atoms. The fraction of sp³-hybridized carbons (Fsp3) is 0.929. The van der Waals surface area contributed by atoms with E-state index in [1.807, 2.05) is 0 Å². The molecule has 2 heterocycles. The number of amides is 1. The minimum Gasteiger partial charge on any atom is -0.394 e. The summed E-state index contributed by atoms with van der Waals surface area (Å²) in [5.41, 5.74) is -2.74. The van der Waals surface area contributed by atoms with Crippen molar-refractivity contribution in [1.82, 2.24) is 5.32 Å². The third-order valence-corrected chi connectivity index (χ3v) is 5.61. The predicted molar refractivity (Wildman–Crippen MR) is 90.7 cm³/mol. The molecule has 0 aromatic rings. The van der Waals surface area contributed by atoms with Crippen LogP contribution in [0.15, 0.2) is 0 Å². The Morgan fingerprint density at radius 1 is 1.07 bits per heavy atom. The highest BCUT2D eigenvalue weighted by molar-refractivity contribution is 7.86. The lowest BCUT2D eigenvalue weighted by atomic mass is 9.95. The zero-order valence-corrected chi connectivity index (χ0v) is 16.3. The van der Waals surface area contributed by atoms with E-state index in [0.717, 1.165) is 6.92 Å². The minimum atomic E-state index is -5.20. The van der Waals surface area contributed by atoms with Crippen LogP contribution in [0.4, 0.5) is 0 Å². The second-order valence-electron chi connectivity index (χ2n) is 6.91. The summed E-state index contributed by atoms with van der Waals surface area (Å²) >= 11 is 0. The second kappa shape index (κ2) is 9.63. The summed E-state index contributed by atoms with van der Waals surface area (Å²) in [4.78, 5) is 11.3. The van der Waals surface area contributed by atoms with Crippen LogP contribution in [0, 0.1) is 0 Å². The van der Waals surface area contributed by atoms with Crippen LogP contribution in [-0.4, -0.2) is 128 Å². The highest BCUT2D eigenvalue weighted by Crippen LogP contribution is 2.30. The SMILES string of the molecule is CC(=O)N[C@@H]1C(O)O[C@@H](C(O)S(=O)(=O)O)[C@H](O[C@@H]2O[C@H](CO)[C@H](O)[C@H](O)[C@H]2O)[C@H]1O. The van der Waals surface area contributed by atoms with E-state index in [1.54, 1.807) is 0 Å². The van der Waals surface area contributed by atoms with Gasteiger partial charge in [-0.15, -0.1) is 0 Å². The first-order valence-corrected chi connectivity index (χ1v) is 10.2. The summed E-state index contributed by atoms with van der Waals surface area (Å²) in [5, 5.41) is 71.4. The maximum absolute atomic E-state index is 11.3. The van der Waals surface area contributed by atoms with Crippen LogP contribution in [0.2, 0.25) is 0 Å². The van der Waals surface area contributed by atoms with Gasteiger partial charge in [-0.25, -0.2) is 0 Å². The van der Waals surface area contributed by atoms with Gasteiger partial charge in [-0.3, -0.25) is 9.35 Å². The Morgan fingerprint density at radius 3 is 2.17 bits per heavy atom. The fourth-order valence-corrected chi connectivity index (χ4v) is 3.73. The zero-order valence-electron chi connectivity index (χ0n) is 15.5. The topological polar surface area (TPSA) is 253 Å². The molecular formula is C14H25NO14S. The summed E-state index contributed by atoms with van der Waals surface area (Å²) in [7, 11) is -5.20. The van der Waals surface area contributed by atoms with Gasteiger partial charge in [-0.05, 0) is 0 Å². The largest absolute Gasteiger partial charge is 0.394 e. The number of rotatable bonds is 6. The molecule has 15 nitrogen and oxygen atoms in total. The molecule has 11 atom stereocenters. The van der Waals surface area contributed by atoms with E-state index in [1.165, 1.54) is 0 Å². The Balaban J connectivity index is 2.35. The molecule has 30 heavy (non-hydrogen) atoms. The van der Waals surface area contributed by atoms with Crippen LogP contribution in [-0.2, 0) is 29.1 Å². The monoisotopic (exact) mass is 463 g/mol. The van der Waals surface area contributed by atoms with Gasteiger partial charge in [0.15, 0.2) is 12.6 Å². The molecule has 0 aromatic heterocycles. The quantitative estimate of drug-likeness (QED) is 0.166. The van der Waals surface area contributed by atoms with Crippen LogP contribution in [0.5, 0.6) is 0 Å². The number of hydrogen-bond acceptors (Lipinski definition) is 13. The Labute approximate surface area is 170 Å². The molecular weight excluding hydrogens is 438 g/mol. The van der Waals surface area contributed by atoms with Crippen molar-refractivity contribution in [2.24, 2.45) is 0 Å². The van der Waals surface area contributed by atoms with E-state index in [2.05, 4.69) is 5.32 Å². The van der Waals surface area contributed by atoms with Gasteiger partial charge in [0, 0.05) is 6.92 Å². The average Bonchev–Trinajstić information content (AvgIpc) is 2.65. The highest BCUT2D eigenvalue weighted by Gasteiger charge is 2.54. The highest BCUT2D eigenvalue weighted by atomic mass is 32.2. The molecule has 0 aromatic carbocycles. The van der Waals surface area contributed by atoms with Crippen molar-refractivity contribution in [3.63, 3.8) is 0 Å². The third kappa shape index (κ3) is 5.23. The molecule has 2 aliphatic rings. The molecule has 2 fully saturated rings.